The lowest BCUT2D eigenvalue weighted by Gasteiger charge is -2.10. The number of rotatable bonds is 3. The minimum absolute atomic E-state index is 0.238. The number of nitrogens with zero attached hydrogens (tertiary/aromatic N) is 1. The number of aromatic amines is 1. The summed E-state index contributed by atoms with van der Waals surface area (Å²) in [7, 11) is 0. The van der Waals surface area contributed by atoms with E-state index >= 15 is 0 Å². The molecule has 150 valence electrons. The molecule has 0 saturated carbocycles. The summed E-state index contributed by atoms with van der Waals surface area (Å²) >= 11 is 11.4. The first-order valence-electron chi connectivity index (χ1n) is 9.34. The molecular formula is C23H19ClN4OS. The van der Waals surface area contributed by atoms with Gasteiger partial charge in [-0.3, -0.25) is 10.1 Å². The van der Waals surface area contributed by atoms with Gasteiger partial charge in [-0.2, -0.15) is 0 Å². The monoisotopic (exact) mass is 434 g/mol. The van der Waals surface area contributed by atoms with E-state index in [2.05, 4.69) is 20.6 Å². The van der Waals surface area contributed by atoms with Gasteiger partial charge in [0.1, 0.15) is 5.82 Å². The van der Waals surface area contributed by atoms with Crippen molar-refractivity contribution in [2.75, 3.05) is 5.32 Å². The number of carbonyl (C=O) groups excluding carboxylic acids is 1. The number of nitrogens with one attached hydrogen (secondary N) is 3. The molecule has 1 amide bonds. The number of aromatic nitrogens is 2. The zero-order chi connectivity index (χ0) is 21.3. The van der Waals surface area contributed by atoms with Crippen LogP contribution in [-0.2, 0) is 0 Å². The van der Waals surface area contributed by atoms with E-state index < -0.39 is 0 Å². The zero-order valence-electron chi connectivity index (χ0n) is 16.4. The van der Waals surface area contributed by atoms with Crippen LogP contribution in [0.15, 0.2) is 60.7 Å². The largest absolute Gasteiger partial charge is 0.338 e. The van der Waals surface area contributed by atoms with E-state index in [1.807, 2.05) is 62.4 Å². The highest BCUT2D eigenvalue weighted by Gasteiger charge is 2.10. The van der Waals surface area contributed by atoms with Crippen LogP contribution in [-0.4, -0.2) is 21.0 Å². The lowest BCUT2D eigenvalue weighted by molar-refractivity contribution is 0.0977. The summed E-state index contributed by atoms with van der Waals surface area (Å²) in [4.78, 5) is 20.2. The zero-order valence-corrected chi connectivity index (χ0v) is 18.0. The van der Waals surface area contributed by atoms with Gasteiger partial charge >= 0.3 is 0 Å². The molecule has 3 N–H and O–H groups in total. The Morgan fingerprint density at radius 1 is 1.03 bits per heavy atom. The highest BCUT2D eigenvalue weighted by Crippen LogP contribution is 2.26. The van der Waals surface area contributed by atoms with Gasteiger partial charge in [-0.05, 0) is 80.2 Å². The van der Waals surface area contributed by atoms with Crippen molar-refractivity contribution in [3.05, 3.63) is 82.4 Å². The Morgan fingerprint density at radius 3 is 2.43 bits per heavy atom. The fourth-order valence-corrected chi connectivity index (χ4v) is 3.40. The molecule has 0 bridgehead atoms. The number of benzene rings is 3. The van der Waals surface area contributed by atoms with Crippen molar-refractivity contribution in [1.82, 2.24) is 15.3 Å². The normalized spacial score (nSPS) is 10.8. The average molecular weight is 435 g/mol. The maximum atomic E-state index is 12.3. The number of fused-ring (bicyclic) bond motifs is 1. The molecule has 1 aromatic heterocycles. The number of thiocarbonyl (C=S) groups is 1. The van der Waals surface area contributed by atoms with Crippen LogP contribution in [0, 0.1) is 13.8 Å². The number of hydrogen-bond donors (Lipinski definition) is 3. The van der Waals surface area contributed by atoms with Gasteiger partial charge in [0.05, 0.1) is 11.0 Å². The Kier molecular flexibility index (Phi) is 5.53. The minimum Gasteiger partial charge on any atom is -0.338 e. The quantitative estimate of drug-likeness (QED) is 0.365. The van der Waals surface area contributed by atoms with Crippen molar-refractivity contribution < 1.29 is 4.79 Å². The van der Waals surface area contributed by atoms with Crippen molar-refractivity contribution in [3.8, 4) is 11.4 Å². The molecule has 0 fully saturated rings. The number of aryl methyl sites for hydroxylation is 2. The predicted molar refractivity (Wildman–Crippen MR) is 126 cm³/mol. The van der Waals surface area contributed by atoms with Crippen molar-refractivity contribution >= 4 is 51.6 Å². The van der Waals surface area contributed by atoms with Gasteiger partial charge in [0.2, 0.25) is 0 Å². The van der Waals surface area contributed by atoms with Gasteiger partial charge in [0.25, 0.3) is 5.91 Å². The van der Waals surface area contributed by atoms with E-state index in [0.717, 1.165) is 39.2 Å². The van der Waals surface area contributed by atoms with Crippen molar-refractivity contribution in [2.45, 2.75) is 13.8 Å². The lowest BCUT2D eigenvalue weighted by atomic mass is 10.1. The Labute approximate surface area is 184 Å². The van der Waals surface area contributed by atoms with Gasteiger partial charge in [-0.1, -0.05) is 29.3 Å². The fraction of sp³-hybridized carbons (Fsp3) is 0.0870. The molecule has 7 heteroatoms. The number of carbonyl (C=O) groups is 1. The van der Waals surface area contributed by atoms with Gasteiger partial charge in [-0.15, -0.1) is 0 Å². The van der Waals surface area contributed by atoms with E-state index in [-0.39, 0.29) is 11.0 Å². The Balaban J connectivity index is 1.44. The summed E-state index contributed by atoms with van der Waals surface area (Å²) in [6, 6.07) is 18.8. The first kappa shape index (κ1) is 20.1. The molecule has 0 saturated heterocycles. The smallest absolute Gasteiger partial charge is 0.257 e. The minimum atomic E-state index is -0.250. The van der Waals surface area contributed by atoms with E-state index in [1.54, 1.807) is 12.1 Å². The number of halogens is 1. The standard InChI is InChI=1S/C23H19ClN4OS/c1-13-3-5-16(6-4-13)22(29)28-23(30)25-17-9-7-15(8-10-17)21-26-19-11-14(2)18(24)12-20(19)27-21/h3-12H,1-2H3,(H,26,27)(H2,25,28,29,30). The predicted octanol–water partition coefficient (Wildman–Crippen LogP) is 5.63. The Hall–Kier alpha value is -3.22. The maximum absolute atomic E-state index is 12.3. The molecule has 30 heavy (non-hydrogen) atoms. The van der Waals surface area contributed by atoms with Crippen LogP contribution >= 0.6 is 23.8 Å². The Morgan fingerprint density at radius 2 is 1.73 bits per heavy atom. The molecule has 0 aliphatic carbocycles. The van der Waals surface area contributed by atoms with E-state index in [0.29, 0.717) is 10.6 Å². The summed E-state index contributed by atoms with van der Waals surface area (Å²) in [5.41, 5.74) is 6.11. The molecule has 0 atom stereocenters. The number of anilines is 1. The number of imidazole rings is 1. The fourth-order valence-electron chi connectivity index (χ4n) is 3.03. The maximum Gasteiger partial charge on any atom is 0.257 e. The SMILES string of the molecule is Cc1ccc(C(=O)NC(=S)Nc2ccc(-c3nc4cc(Cl)c(C)cc4[nH]3)cc2)cc1. The van der Waals surface area contributed by atoms with Gasteiger partial charge in [0, 0.05) is 21.8 Å². The Bertz CT molecular complexity index is 1210. The van der Waals surface area contributed by atoms with Gasteiger partial charge in [0.15, 0.2) is 5.11 Å². The topological polar surface area (TPSA) is 69.8 Å². The lowest BCUT2D eigenvalue weighted by Crippen LogP contribution is -2.34. The second-order valence-corrected chi connectivity index (χ2v) is 7.87. The first-order valence-corrected chi connectivity index (χ1v) is 10.1. The molecule has 5 nitrogen and oxygen atoms in total. The molecule has 1 heterocycles. The molecule has 0 unspecified atom stereocenters. The molecule has 0 aliphatic rings. The highest BCUT2D eigenvalue weighted by atomic mass is 35.5. The summed E-state index contributed by atoms with van der Waals surface area (Å²) in [5.74, 6) is 0.508. The van der Waals surface area contributed by atoms with Crippen LogP contribution in [0.25, 0.3) is 22.4 Å². The summed E-state index contributed by atoms with van der Waals surface area (Å²) in [6.07, 6.45) is 0. The highest BCUT2D eigenvalue weighted by molar-refractivity contribution is 7.80. The molecule has 3 aromatic carbocycles. The van der Waals surface area contributed by atoms with Crippen molar-refractivity contribution in [2.24, 2.45) is 0 Å². The van der Waals surface area contributed by atoms with Crippen LogP contribution in [0.3, 0.4) is 0 Å². The van der Waals surface area contributed by atoms with E-state index in [1.165, 1.54) is 0 Å². The van der Waals surface area contributed by atoms with Gasteiger partial charge in [-0.25, -0.2) is 4.98 Å². The van der Waals surface area contributed by atoms with Crippen molar-refractivity contribution in [1.29, 1.82) is 0 Å². The number of hydrogen-bond acceptors (Lipinski definition) is 3. The van der Waals surface area contributed by atoms with Crippen molar-refractivity contribution in [3.63, 3.8) is 0 Å². The third kappa shape index (κ3) is 4.35. The van der Waals surface area contributed by atoms with Crippen LogP contribution in [0.5, 0.6) is 0 Å². The van der Waals surface area contributed by atoms with Crippen LogP contribution < -0.4 is 10.6 Å². The summed E-state index contributed by atoms with van der Waals surface area (Å²) in [5, 5.41) is 6.65. The molecule has 0 aliphatic heterocycles. The van der Waals surface area contributed by atoms with Gasteiger partial charge < -0.3 is 10.3 Å². The van der Waals surface area contributed by atoms with Crippen LogP contribution in [0.4, 0.5) is 5.69 Å². The average Bonchev–Trinajstić information content (AvgIpc) is 3.12. The van der Waals surface area contributed by atoms with E-state index in [9.17, 15) is 4.79 Å². The third-order valence-electron chi connectivity index (χ3n) is 4.72. The van der Waals surface area contributed by atoms with E-state index in [4.69, 9.17) is 23.8 Å². The molecule has 4 aromatic rings. The van der Waals surface area contributed by atoms with Crippen LogP contribution in [0.1, 0.15) is 21.5 Å². The molecule has 0 spiro atoms. The summed E-state index contributed by atoms with van der Waals surface area (Å²) in [6.45, 7) is 3.93. The third-order valence-corrected chi connectivity index (χ3v) is 5.33. The second kappa shape index (κ2) is 8.26. The molecule has 4 rings (SSSR count). The number of amides is 1. The molecular weight excluding hydrogens is 416 g/mol. The number of H-pyrrole nitrogens is 1. The second-order valence-electron chi connectivity index (χ2n) is 7.06. The molecule has 0 radical (unpaired) electrons. The first-order chi connectivity index (χ1) is 14.4. The van der Waals surface area contributed by atoms with Crippen LogP contribution in [0.2, 0.25) is 5.02 Å². The summed E-state index contributed by atoms with van der Waals surface area (Å²) < 4.78 is 0.